The first kappa shape index (κ1) is 9.21. The minimum atomic E-state index is 0. The van der Waals surface area contributed by atoms with Gasteiger partial charge in [-0.2, -0.15) is 0 Å². The van der Waals surface area contributed by atoms with Crippen LogP contribution in [-0.4, -0.2) is 4.98 Å². The maximum atomic E-state index is 3.76. The largest absolute Gasteiger partial charge is 0.394 e. The van der Waals surface area contributed by atoms with Crippen molar-refractivity contribution in [2.45, 2.75) is 5.33 Å². The molecular weight excluding hydrogens is 263 g/mol. The number of rotatable bonds is 1. The molecule has 0 N–H and O–H groups in total. The zero-order chi connectivity index (χ0) is 5.11. The normalized spacial score (nSPS) is 8.12. The van der Waals surface area contributed by atoms with E-state index in [2.05, 4.69) is 26.4 Å². The van der Waals surface area contributed by atoms with Crippen LogP contribution in [0.2, 0.25) is 0 Å². The molecule has 0 unspecified atom stereocenters. The van der Waals surface area contributed by atoms with Gasteiger partial charge in [-0.1, -0.05) is 0 Å². The standard InChI is InChI=1S/C4H3BrNS.Y/c5-1-4-2-6-3-7-4;/h2H,1H2;/q-1;. The second-order valence-electron chi connectivity index (χ2n) is 1.05. The van der Waals surface area contributed by atoms with Crippen LogP contribution in [0.25, 0.3) is 0 Å². The summed E-state index contributed by atoms with van der Waals surface area (Å²) in [6, 6.07) is 0. The van der Waals surface area contributed by atoms with Crippen molar-refractivity contribution in [3.05, 3.63) is 16.6 Å². The van der Waals surface area contributed by atoms with Crippen molar-refractivity contribution in [3.8, 4) is 0 Å². The van der Waals surface area contributed by atoms with E-state index in [1.807, 2.05) is 0 Å². The van der Waals surface area contributed by atoms with Gasteiger partial charge in [-0.05, 0) is 10.8 Å². The first-order valence-electron chi connectivity index (χ1n) is 1.80. The van der Waals surface area contributed by atoms with Crippen LogP contribution in [0.1, 0.15) is 4.88 Å². The Morgan fingerprint density at radius 3 is 2.88 bits per heavy atom. The van der Waals surface area contributed by atoms with Gasteiger partial charge in [0.15, 0.2) is 0 Å². The monoisotopic (exact) mass is 265 g/mol. The smallest absolute Gasteiger partial charge is 0 e. The molecule has 0 aromatic carbocycles. The second-order valence-corrected chi connectivity index (χ2v) is 2.52. The molecule has 0 fully saturated rings. The Balaban J connectivity index is 0.000000490. The third kappa shape index (κ3) is 2.67. The van der Waals surface area contributed by atoms with Gasteiger partial charge in [-0.3, -0.25) is 11.3 Å². The number of thiazole rings is 1. The SMILES string of the molecule is BrCc1cn[c-]s1.[Y]. The van der Waals surface area contributed by atoms with Gasteiger partial charge in [-0.15, -0.1) is 27.0 Å². The third-order valence-corrected chi connectivity index (χ3v) is 2.25. The summed E-state index contributed by atoms with van der Waals surface area (Å²) < 4.78 is 0. The topological polar surface area (TPSA) is 12.9 Å². The number of halogens is 1. The van der Waals surface area contributed by atoms with E-state index in [4.69, 9.17) is 0 Å². The van der Waals surface area contributed by atoms with E-state index in [1.54, 1.807) is 6.20 Å². The zero-order valence-corrected chi connectivity index (χ0v) is 9.34. The molecule has 0 atom stereocenters. The predicted octanol–water partition coefficient (Wildman–Crippen LogP) is 1.84. The molecule has 1 rings (SSSR count). The Kier molecular flexibility index (Phi) is 5.80. The summed E-state index contributed by atoms with van der Waals surface area (Å²) in [5.41, 5.74) is 2.74. The molecule has 0 aliphatic rings. The molecule has 1 aromatic heterocycles. The Labute approximate surface area is 85.9 Å². The van der Waals surface area contributed by atoms with Crippen LogP contribution in [0.5, 0.6) is 0 Å². The summed E-state index contributed by atoms with van der Waals surface area (Å²) in [4.78, 5) is 4.98. The van der Waals surface area contributed by atoms with E-state index in [-0.39, 0.29) is 32.7 Å². The summed E-state index contributed by atoms with van der Waals surface area (Å²) in [6.45, 7) is 0. The van der Waals surface area contributed by atoms with E-state index in [0.717, 1.165) is 5.33 Å². The first-order chi connectivity index (χ1) is 3.43. The van der Waals surface area contributed by atoms with Gasteiger partial charge >= 0.3 is 0 Å². The summed E-state index contributed by atoms with van der Waals surface area (Å²) in [7, 11) is 0. The molecule has 0 spiro atoms. The fourth-order valence-electron chi connectivity index (χ4n) is 0.271. The van der Waals surface area contributed by atoms with E-state index in [1.165, 1.54) is 16.2 Å². The van der Waals surface area contributed by atoms with Gasteiger partial charge in [0.2, 0.25) is 0 Å². The molecule has 0 aliphatic carbocycles. The number of hydrogen-bond donors (Lipinski definition) is 0. The van der Waals surface area contributed by atoms with Crippen molar-refractivity contribution in [2.75, 3.05) is 0 Å². The minimum Gasteiger partial charge on any atom is -0.394 e. The van der Waals surface area contributed by atoms with Gasteiger partial charge < -0.3 is 4.98 Å². The molecular formula is C4H3BrNSY-. The first-order valence-corrected chi connectivity index (χ1v) is 3.74. The van der Waals surface area contributed by atoms with Crippen LogP contribution in [0.4, 0.5) is 0 Å². The molecule has 0 saturated carbocycles. The maximum Gasteiger partial charge on any atom is 0 e. The van der Waals surface area contributed by atoms with E-state index < -0.39 is 0 Å². The summed E-state index contributed by atoms with van der Waals surface area (Å²) in [5, 5.41) is 0.897. The second kappa shape index (κ2) is 5.04. The molecule has 4 heteroatoms. The van der Waals surface area contributed by atoms with Crippen molar-refractivity contribution in [1.82, 2.24) is 4.98 Å². The zero-order valence-electron chi connectivity index (χ0n) is 4.10. The van der Waals surface area contributed by atoms with Crippen LogP contribution in [-0.2, 0) is 38.0 Å². The average Bonchev–Trinajstić information content (AvgIpc) is 2.14. The van der Waals surface area contributed by atoms with Crippen molar-refractivity contribution < 1.29 is 32.7 Å². The number of hydrogen-bond acceptors (Lipinski definition) is 2. The number of alkyl halides is 1. The van der Waals surface area contributed by atoms with Crippen LogP contribution in [0.3, 0.4) is 0 Å². The van der Waals surface area contributed by atoms with Gasteiger partial charge in [0.05, 0.1) is 0 Å². The van der Waals surface area contributed by atoms with E-state index in [9.17, 15) is 0 Å². The van der Waals surface area contributed by atoms with E-state index in [0.29, 0.717) is 0 Å². The average molecular weight is 266 g/mol. The van der Waals surface area contributed by atoms with Gasteiger partial charge in [0, 0.05) is 32.7 Å². The van der Waals surface area contributed by atoms with Gasteiger partial charge in [-0.25, -0.2) is 0 Å². The Morgan fingerprint density at radius 2 is 2.62 bits per heavy atom. The molecule has 0 aliphatic heterocycles. The van der Waals surface area contributed by atoms with Crippen molar-refractivity contribution in [3.63, 3.8) is 0 Å². The summed E-state index contributed by atoms with van der Waals surface area (Å²) in [6.07, 6.45) is 1.80. The van der Waals surface area contributed by atoms with Crippen molar-refractivity contribution in [1.29, 1.82) is 0 Å². The summed E-state index contributed by atoms with van der Waals surface area (Å²) in [5.74, 6) is 0. The molecule has 1 heterocycles. The van der Waals surface area contributed by atoms with Crippen LogP contribution in [0, 0.1) is 5.51 Å². The number of nitrogens with zero attached hydrogens (tertiary/aromatic N) is 1. The number of aromatic nitrogens is 1. The van der Waals surface area contributed by atoms with Crippen LogP contribution < -0.4 is 0 Å². The molecule has 1 nitrogen and oxygen atoms in total. The molecule has 8 heavy (non-hydrogen) atoms. The van der Waals surface area contributed by atoms with Crippen molar-refractivity contribution in [2.24, 2.45) is 0 Å². The molecule has 41 valence electrons. The Hall–Kier alpha value is 1.21. The van der Waals surface area contributed by atoms with E-state index >= 15 is 0 Å². The van der Waals surface area contributed by atoms with Crippen LogP contribution in [0.15, 0.2) is 6.20 Å². The third-order valence-electron chi connectivity index (χ3n) is 0.570. The van der Waals surface area contributed by atoms with Gasteiger partial charge in [0.1, 0.15) is 0 Å². The minimum absolute atomic E-state index is 0. The molecule has 1 aromatic rings. The maximum absolute atomic E-state index is 3.76. The quantitative estimate of drug-likeness (QED) is 0.558. The fraction of sp³-hybridized carbons (Fsp3) is 0.250. The fourth-order valence-corrected chi connectivity index (χ4v) is 1.14. The molecule has 1 radical (unpaired) electrons. The molecule has 0 amide bonds. The van der Waals surface area contributed by atoms with Gasteiger partial charge in [0.25, 0.3) is 0 Å². The molecule has 0 saturated heterocycles. The Bertz CT molecular complexity index is 131. The van der Waals surface area contributed by atoms with Crippen molar-refractivity contribution >= 4 is 27.3 Å². The summed E-state index contributed by atoms with van der Waals surface area (Å²) >= 11 is 4.83. The predicted molar refractivity (Wildman–Crippen MR) is 33.6 cm³/mol. The molecule has 0 bridgehead atoms. The van der Waals surface area contributed by atoms with Crippen LogP contribution >= 0.6 is 27.3 Å². The Morgan fingerprint density at radius 1 is 1.88 bits per heavy atom.